The van der Waals surface area contributed by atoms with Gasteiger partial charge in [-0.2, -0.15) is 0 Å². The Kier molecular flexibility index (Phi) is 13.1. The molecule has 0 saturated carbocycles. The van der Waals surface area contributed by atoms with Gasteiger partial charge >= 0.3 is 6.03 Å². The van der Waals surface area contributed by atoms with Crippen LogP contribution in [-0.4, -0.2) is 94.0 Å². The van der Waals surface area contributed by atoms with Gasteiger partial charge in [-0.25, -0.2) is 13.2 Å². The second-order valence-corrected chi connectivity index (χ2v) is 14.9. The molecule has 1 aliphatic rings. The molecule has 3 amide bonds. The first-order valence-corrected chi connectivity index (χ1v) is 18.3. The number of carbonyl (C=O) groups excluding carboxylic acids is 2. The third kappa shape index (κ3) is 9.84. The van der Waals surface area contributed by atoms with Gasteiger partial charge in [0.15, 0.2) is 0 Å². The summed E-state index contributed by atoms with van der Waals surface area (Å²) >= 11 is 1.09. The summed E-state index contributed by atoms with van der Waals surface area (Å²) < 4.78 is 46.5. The number of methoxy groups -OCH3 is 1. The quantitative estimate of drug-likeness (QED) is 0.264. The number of fused-ring (bicyclic) bond motifs is 1. The van der Waals surface area contributed by atoms with Crippen molar-refractivity contribution in [2.24, 2.45) is 5.92 Å². The molecule has 1 aromatic heterocycles. The Morgan fingerprint density at radius 1 is 1.15 bits per heavy atom. The molecule has 0 saturated heterocycles. The number of urea groups is 1. The van der Waals surface area contributed by atoms with Gasteiger partial charge < -0.3 is 34.4 Å². The second kappa shape index (κ2) is 17.0. The number of thiophene rings is 1. The minimum absolute atomic E-state index is 0.150. The van der Waals surface area contributed by atoms with Crippen LogP contribution in [0.1, 0.15) is 50.4 Å². The maximum absolute atomic E-state index is 14.3. The van der Waals surface area contributed by atoms with E-state index in [0.717, 1.165) is 24.2 Å². The number of hydrogen-bond acceptors (Lipinski definition) is 9. The molecule has 2 heterocycles. The van der Waals surface area contributed by atoms with Crippen LogP contribution in [0, 0.1) is 5.92 Å². The van der Waals surface area contributed by atoms with Gasteiger partial charge in [0.2, 0.25) is 0 Å². The van der Waals surface area contributed by atoms with E-state index in [1.54, 1.807) is 78.7 Å². The van der Waals surface area contributed by atoms with Crippen LogP contribution in [-0.2, 0) is 14.8 Å². The summed E-state index contributed by atoms with van der Waals surface area (Å²) in [4.78, 5) is 30.6. The number of anilines is 2. The number of sulfonamides is 1. The van der Waals surface area contributed by atoms with Gasteiger partial charge in [0.25, 0.3) is 15.9 Å². The Labute approximate surface area is 287 Å². The van der Waals surface area contributed by atoms with Gasteiger partial charge in [-0.15, -0.1) is 11.3 Å². The molecule has 3 N–H and O–H groups in total. The molecule has 0 spiro atoms. The molecule has 14 heteroatoms. The first kappa shape index (κ1) is 37.0. The first-order valence-electron chi connectivity index (χ1n) is 16.0. The predicted molar refractivity (Wildman–Crippen MR) is 187 cm³/mol. The topological polar surface area (TPSA) is 147 Å². The first-order chi connectivity index (χ1) is 22.9. The molecule has 4 rings (SSSR count). The number of likely N-dealkylation sites (N-methyl/N-ethyl adjacent to an activating group) is 1. The molecule has 0 unspecified atom stereocenters. The maximum Gasteiger partial charge on any atom is 0.321 e. The van der Waals surface area contributed by atoms with E-state index in [9.17, 15) is 23.1 Å². The van der Waals surface area contributed by atoms with Gasteiger partial charge in [0.05, 0.1) is 37.5 Å². The molecular formula is C34H46N4O8S2. The average molecular weight is 703 g/mol. The summed E-state index contributed by atoms with van der Waals surface area (Å²) in [6.07, 6.45) is 1.61. The molecule has 262 valence electrons. The summed E-state index contributed by atoms with van der Waals surface area (Å²) in [5.74, 6) is 0.322. The van der Waals surface area contributed by atoms with Crippen molar-refractivity contribution >= 4 is 44.7 Å². The van der Waals surface area contributed by atoms with E-state index in [1.807, 2.05) is 13.8 Å². The van der Waals surface area contributed by atoms with E-state index in [-0.39, 0.29) is 53.2 Å². The third-order valence-corrected chi connectivity index (χ3v) is 11.0. The summed E-state index contributed by atoms with van der Waals surface area (Å²) in [5.41, 5.74) is 1.00. The Hall–Kier alpha value is -3.85. The number of aliphatic hydroxyl groups excluding tert-OH is 1. The average Bonchev–Trinajstić information content (AvgIpc) is 3.63. The second-order valence-electron chi connectivity index (χ2n) is 12.1. The smallest absolute Gasteiger partial charge is 0.321 e. The normalized spacial score (nSPS) is 20.1. The summed E-state index contributed by atoms with van der Waals surface area (Å²) in [6.45, 7) is 6.22. The molecule has 48 heavy (non-hydrogen) atoms. The van der Waals surface area contributed by atoms with Crippen molar-refractivity contribution in [3.8, 4) is 11.5 Å². The summed E-state index contributed by atoms with van der Waals surface area (Å²) in [5, 5.41) is 14.8. The lowest BCUT2D eigenvalue weighted by molar-refractivity contribution is -0.0115. The van der Waals surface area contributed by atoms with Crippen LogP contribution in [0.15, 0.2) is 64.2 Å². The molecule has 2 aromatic carbocycles. The lowest BCUT2D eigenvalue weighted by Gasteiger charge is -2.35. The number of ether oxygens (including phenoxy) is 3. The zero-order valence-electron chi connectivity index (χ0n) is 28.0. The van der Waals surface area contributed by atoms with Crippen LogP contribution in [0.5, 0.6) is 11.5 Å². The molecule has 4 atom stereocenters. The third-order valence-electron chi connectivity index (χ3n) is 8.21. The number of aliphatic hydroxyl groups is 1. The predicted octanol–water partition coefficient (Wildman–Crippen LogP) is 5.52. The van der Waals surface area contributed by atoms with E-state index >= 15 is 0 Å². The highest BCUT2D eigenvalue weighted by Gasteiger charge is 2.31. The Morgan fingerprint density at radius 3 is 2.54 bits per heavy atom. The van der Waals surface area contributed by atoms with Crippen LogP contribution in [0.25, 0.3) is 0 Å². The van der Waals surface area contributed by atoms with Crippen LogP contribution in [0.3, 0.4) is 0 Å². The van der Waals surface area contributed by atoms with Gasteiger partial charge in [0, 0.05) is 44.0 Å². The van der Waals surface area contributed by atoms with Crippen LogP contribution >= 0.6 is 11.3 Å². The number of rotatable bonds is 9. The maximum atomic E-state index is 14.3. The number of nitrogens with zero attached hydrogens (tertiary/aromatic N) is 2. The van der Waals surface area contributed by atoms with Crippen LogP contribution in [0.2, 0.25) is 0 Å². The van der Waals surface area contributed by atoms with Crippen molar-refractivity contribution in [1.29, 1.82) is 0 Å². The summed E-state index contributed by atoms with van der Waals surface area (Å²) in [7, 11) is -0.599. The molecule has 1 aliphatic heterocycles. The number of benzene rings is 2. The number of hydrogen-bond donors (Lipinski definition) is 3. The minimum Gasteiger partial charge on any atom is -0.497 e. The minimum atomic E-state index is -3.86. The highest BCUT2D eigenvalue weighted by Crippen LogP contribution is 2.30. The molecular weight excluding hydrogens is 657 g/mol. The molecule has 0 bridgehead atoms. The van der Waals surface area contributed by atoms with Gasteiger partial charge in [-0.05, 0) is 87.0 Å². The van der Waals surface area contributed by atoms with Crippen LogP contribution < -0.4 is 19.5 Å². The molecule has 0 radical (unpaired) electrons. The molecule has 12 nitrogen and oxygen atoms in total. The van der Waals surface area contributed by atoms with Gasteiger partial charge in [-0.3, -0.25) is 9.52 Å². The van der Waals surface area contributed by atoms with Gasteiger partial charge in [0.1, 0.15) is 15.7 Å². The monoisotopic (exact) mass is 702 g/mol. The fourth-order valence-corrected chi connectivity index (χ4v) is 7.36. The Bertz CT molecular complexity index is 1600. The SMILES string of the molecule is COc1ccc(NC(=O)N(C)C[C@H]2OCCCC[C@@H](C)Oc3ccc(NS(=O)(=O)c4cccs4)cc3C(=O)N([C@@H](C)CO)C[C@H]2C)cc1. The molecule has 3 aromatic rings. The summed E-state index contributed by atoms with van der Waals surface area (Å²) in [6, 6.07) is 14.0. The highest BCUT2D eigenvalue weighted by molar-refractivity contribution is 7.94. The van der Waals surface area contributed by atoms with Crippen molar-refractivity contribution in [3.05, 3.63) is 65.5 Å². The van der Waals surface area contributed by atoms with Crippen molar-refractivity contribution < 1.29 is 37.3 Å². The van der Waals surface area contributed by atoms with Crippen LogP contribution in [0.4, 0.5) is 16.2 Å². The zero-order chi connectivity index (χ0) is 34.8. The fourth-order valence-electron chi connectivity index (χ4n) is 5.32. The molecule has 0 fully saturated rings. The van der Waals surface area contributed by atoms with Crippen molar-refractivity contribution in [3.63, 3.8) is 0 Å². The van der Waals surface area contributed by atoms with E-state index < -0.39 is 28.1 Å². The number of amides is 3. The number of carbonyl (C=O) groups is 2. The van der Waals surface area contributed by atoms with Crippen molar-refractivity contribution in [1.82, 2.24) is 9.80 Å². The zero-order valence-corrected chi connectivity index (χ0v) is 29.7. The van der Waals surface area contributed by atoms with E-state index in [4.69, 9.17) is 14.2 Å². The van der Waals surface area contributed by atoms with E-state index in [1.165, 1.54) is 12.1 Å². The largest absolute Gasteiger partial charge is 0.497 e. The molecule has 0 aliphatic carbocycles. The standard InChI is InChI=1S/C34H46N4O8S2/c1-23-20-38(24(2)22-39)33(40)29-19-27(36-48(42,43)32-10-8-18-47-32)13-16-30(29)46-25(3)9-6-7-17-45-31(23)21-37(4)34(41)35-26-11-14-28(44-5)15-12-26/h8,10-16,18-19,23-25,31,36,39H,6-7,9,17,20-22H2,1-5H3,(H,35,41)/t23-,24+,25-,31-/m1/s1. The Balaban J connectivity index is 1.60. The lowest BCUT2D eigenvalue weighted by Crippen LogP contribution is -2.48. The van der Waals surface area contributed by atoms with Gasteiger partial charge in [-0.1, -0.05) is 13.0 Å². The lowest BCUT2D eigenvalue weighted by atomic mass is 10.0. The van der Waals surface area contributed by atoms with E-state index in [0.29, 0.717) is 30.2 Å². The number of nitrogens with one attached hydrogen (secondary N) is 2. The fraction of sp³-hybridized carbons (Fsp3) is 0.471. The van der Waals surface area contributed by atoms with E-state index in [2.05, 4.69) is 10.0 Å². The van der Waals surface area contributed by atoms with Crippen molar-refractivity contribution in [2.75, 3.05) is 50.5 Å². The Morgan fingerprint density at radius 2 is 1.88 bits per heavy atom. The highest BCUT2D eigenvalue weighted by atomic mass is 32.2. The van der Waals surface area contributed by atoms with Crippen molar-refractivity contribution in [2.45, 2.75) is 62.5 Å².